The molecule has 0 unspecified atom stereocenters. The summed E-state index contributed by atoms with van der Waals surface area (Å²) in [5, 5.41) is 0. The maximum absolute atomic E-state index is 4.81. The molecule has 2 heteroatoms. The van der Waals surface area contributed by atoms with Crippen LogP contribution in [0.4, 0.5) is 0 Å². The summed E-state index contributed by atoms with van der Waals surface area (Å²) < 4.78 is 4.81. The normalized spacial score (nSPS) is 9.43. The van der Waals surface area contributed by atoms with Gasteiger partial charge in [0.15, 0.2) is 0 Å². The average Bonchev–Trinajstić information content (AvgIpc) is 1.69. The number of ether oxygens (including phenoxy) is 1. The predicted molar refractivity (Wildman–Crippen MR) is 34.6 cm³/mol. The van der Waals surface area contributed by atoms with Crippen LogP contribution >= 0.6 is 11.8 Å². The van der Waals surface area contributed by atoms with E-state index in [1.165, 1.54) is 12.2 Å². The van der Waals surface area contributed by atoms with Crippen molar-refractivity contribution in [2.45, 2.75) is 13.3 Å². The molecule has 0 amide bonds. The Morgan fingerprint density at radius 1 is 1.57 bits per heavy atom. The third kappa shape index (κ3) is 6.31. The SMILES string of the molecule is CCCSCOC. The van der Waals surface area contributed by atoms with Crippen LogP contribution in [0.5, 0.6) is 0 Å². The molecule has 0 saturated carbocycles. The zero-order valence-corrected chi connectivity index (χ0v) is 5.75. The van der Waals surface area contributed by atoms with Gasteiger partial charge in [0.2, 0.25) is 0 Å². The highest BCUT2D eigenvalue weighted by Crippen LogP contribution is 1.99. The standard InChI is InChI=1S/C5H12OS/c1-3-4-7-5-6-2/h3-5H2,1-2H3. The van der Waals surface area contributed by atoms with E-state index in [1.807, 2.05) is 11.8 Å². The van der Waals surface area contributed by atoms with Gasteiger partial charge in [-0.1, -0.05) is 6.92 Å². The molecule has 7 heavy (non-hydrogen) atoms. The van der Waals surface area contributed by atoms with E-state index >= 15 is 0 Å². The molecule has 0 atom stereocenters. The minimum Gasteiger partial charge on any atom is -0.374 e. The molecule has 0 heterocycles. The lowest BCUT2D eigenvalue weighted by molar-refractivity contribution is 0.259. The number of thioether (sulfide) groups is 1. The fourth-order valence-corrected chi connectivity index (χ4v) is 0.860. The molecular formula is C5H12OS. The molecule has 0 aliphatic carbocycles. The Bertz CT molecular complexity index is 27.3. The van der Waals surface area contributed by atoms with Gasteiger partial charge in [0.25, 0.3) is 0 Å². The first kappa shape index (κ1) is 7.31. The van der Waals surface area contributed by atoms with Gasteiger partial charge >= 0.3 is 0 Å². The second-order valence-corrected chi connectivity index (χ2v) is 2.37. The number of rotatable bonds is 4. The van der Waals surface area contributed by atoms with Gasteiger partial charge in [-0.05, 0) is 12.2 Å². The Hall–Kier alpha value is 0.310. The van der Waals surface area contributed by atoms with Gasteiger partial charge in [-0.15, -0.1) is 11.8 Å². The molecule has 0 aliphatic heterocycles. The average molecular weight is 120 g/mol. The number of hydrogen-bond acceptors (Lipinski definition) is 2. The molecule has 0 N–H and O–H groups in total. The highest BCUT2D eigenvalue weighted by molar-refractivity contribution is 7.99. The van der Waals surface area contributed by atoms with E-state index in [9.17, 15) is 0 Å². The summed E-state index contributed by atoms with van der Waals surface area (Å²) in [5.74, 6) is 2.06. The summed E-state index contributed by atoms with van der Waals surface area (Å²) in [6.07, 6.45) is 1.24. The number of methoxy groups -OCH3 is 1. The van der Waals surface area contributed by atoms with Crippen molar-refractivity contribution in [3.8, 4) is 0 Å². The molecule has 0 radical (unpaired) electrons. The molecule has 44 valence electrons. The Morgan fingerprint density at radius 2 is 2.29 bits per heavy atom. The van der Waals surface area contributed by atoms with Gasteiger partial charge in [0.05, 0.1) is 5.94 Å². The van der Waals surface area contributed by atoms with Gasteiger partial charge in [-0.2, -0.15) is 0 Å². The van der Waals surface area contributed by atoms with Crippen LogP contribution in [0, 0.1) is 0 Å². The lowest BCUT2D eigenvalue weighted by Crippen LogP contribution is -1.81. The quantitative estimate of drug-likeness (QED) is 0.413. The second kappa shape index (κ2) is 6.31. The summed E-state index contributed by atoms with van der Waals surface area (Å²) in [6, 6.07) is 0. The van der Waals surface area contributed by atoms with Crippen molar-refractivity contribution >= 4 is 11.8 Å². The molecule has 0 aromatic heterocycles. The van der Waals surface area contributed by atoms with Crippen molar-refractivity contribution in [2.24, 2.45) is 0 Å². The summed E-state index contributed by atoms with van der Waals surface area (Å²) in [5.41, 5.74) is 0. The van der Waals surface area contributed by atoms with E-state index in [-0.39, 0.29) is 0 Å². The van der Waals surface area contributed by atoms with E-state index in [0.717, 1.165) is 5.94 Å². The first-order chi connectivity index (χ1) is 3.41. The fourth-order valence-electron chi connectivity index (χ4n) is 0.287. The molecule has 0 aliphatic rings. The minimum atomic E-state index is 0.841. The van der Waals surface area contributed by atoms with Crippen LogP contribution in [-0.2, 0) is 4.74 Å². The number of hydrogen-bond donors (Lipinski definition) is 0. The van der Waals surface area contributed by atoms with Crippen LogP contribution in [0.15, 0.2) is 0 Å². The summed E-state index contributed by atoms with van der Waals surface area (Å²) in [4.78, 5) is 0. The largest absolute Gasteiger partial charge is 0.374 e. The molecule has 0 aromatic carbocycles. The third-order valence-corrected chi connectivity index (χ3v) is 1.65. The summed E-state index contributed by atoms with van der Waals surface area (Å²) in [6.45, 7) is 2.17. The van der Waals surface area contributed by atoms with Crippen molar-refractivity contribution in [1.29, 1.82) is 0 Å². The van der Waals surface area contributed by atoms with Gasteiger partial charge in [0, 0.05) is 7.11 Å². The monoisotopic (exact) mass is 120 g/mol. The zero-order chi connectivity index (χ0) is 5.54. The van der Waals surface area contributed by atoms with Crippen LogP contribution in [0.2, 0.25) is 0 Å². The second-order valence-electron chi connectivity index (χ2n) is 1.31. The summed E-state index contributed by atoms with van der Waals surface area (Å²) in [7, 11) is 1.72. The van der Waals surface area contributed by atoms with Crippen molar-refractivity contribution in [2.75, 3.05) is 18.8 Å². The third-order valence-electron chi connectivity index (χ3n) is 0.550. The predicted octanol–water partition coefficient (Wildman–Crippen LogP) is 1.73. The Labute approximate surface area is 49.4 Å². The maximum Gasteiger partial charge on any atom is 0.0917 e. The molecule has 0 bridgehead atoms. The van der Waals surface area contributed by atoms with Gasteiger partial charge in [0.1, 0.15) is 0 Å². The van der Waals surface area contributed by atoms with E-state index in [1.54, 1.807) is 7.11 Å². The van der Waals surface area contributed by atoms with Crippen molar-refractivity contribution in [3.63, 3.8) is 0 Å². The highest BCUT2D eigenvalue weighted by atomic mass is 32.2. The maximum atomic E-state index is 4.81. The fraction of sp³-hybridized carbons (Fsp3) is 1.00. The first-order valence-corrected chi connectivity index (χ1v) is 3.64. The van der Waals surface area contributed by atoms with Crippen LogP contribution in [0.3, 0.4) is 0 Å². The van der Waals surface area contributed by atoms with Crippen molar-refractivity contribution in [3.05, 3.63) is 0 Å². The minimum absolute atomic E-state index is 0.841. The molecule has 0 aromatic rings. The molecule has 0 spiro atoms. The van der Waals surface area contributed by atoms with E-state index in [2.05, 4.69) is 6.92 Å². The lowest BCUT2D eigenvalue weighted by atomic mass is 10.6. The topological polar surface area (TPSA) is 9.23 Å². The Kier molecular flexibility index (Phi) is 6.59. The summed E-state index contributed by atoms with van der Waals surface area (Å²) >= 11 is 1.83. The Morgan fingerprint density at radius 3 is 2.71 bits per heavy atom. The van der Waals surface area contributed by atoms with Crippen LogP contribution < -0.4 is 0 Å². The van der Waals surface area contributed by atoms with Gasteiger partial charge in [-0.3, -0.25) is 0 Å². The molecule has 0 saturated heterocycles. The molecular weight excluding hydrogens is 108 g/mol. The van der Waals surface area contributed by atoms with Crippen molar-refractivity contribution < 1.29 is 4.74 Å². The first-order valence-electron chi connectivity index (χ1n) is 2.48. The zero-order valence-electron chi connectivity index (χ0n) is 4.94. The van der Waals surface area contributed by atoms with E-state index < -0.39 is 0 Å². The van der Waals surface area contributed by atoms with E-state index in [4.69, 9.17) is 4.74 Å². The van der Waals surface area contributed by atoms with Gasteiger partial charge in [-0.25, -0.2) is 0 Å². The molecule has 0 fully saturated rings. The van der Waals surface area contributed by atoms with E-state index in [0.29, 0.717) is 0 Å². The Balaban J connectivity index is 2.45. The van der Waals surface area contributed by atoms with Crippen LogP contribution in [-0.4, -0.2) is 18.8 Å². The van der Waals surface area contributed by atoms with Crippen molar-refractivity contribution in [1.82, 2.24) is 0 Å². The van der Waals surface area contributed by atoms with Gasteiger partial charge < -0.3 is 4.74 Å². The lowest BCUT2D eigenvalue weighted by Gasteiger charge is -1.93. The van der Waals surface area contributed by atoms with Crippen LogP contribution in [0.25, 0.3) is 0 Å². The molecule has 1 nitrogen and oxygen atoms in total. The smallest absolute Gasteiger partial charge is 0.0917 e. The highest BCUT2D eigenvalue weighted by Gasteiger charge is 1.79. The molecule has 0 rings (SSSR count). The van der Waals surface area contributed by atoms with Crippen LogP contribution in [0.1, 0.15) is 13.3 Å².